The van der Waals surface area contributed by atoms with Gasteiger partial charge in [-0.3, -0.25) is 0 Å². The number of hydrogen-bond acceptors (Lipinski definition) is 1. The average molecular weight is 138 g/mol. The molecule has 0 N–H and O–H groups in total. The molecule has 0 unspecified atom stereocenters. The second-order valence-corrected chi connectivity index (χ2v) is 1.99. The van der Waals surface area contributed by atoms with Gasteiger partial charge in [-0.15, -0.1) is 0 Å². The van der Waals surface area contributed by atoms with Crippen molar-refractivity contribution >= 4 is 6.29 Å². The Morgan fingerprint density at radius 1 is 1.00 bits per heavy atom. The van der Waals surface area contributed by atoms with Gasteiger partial charge in [0.1, 0.15) is 6.29 Å². The molecule has 0 bridgehead atoms. The zero-order valence-corrected chi connectivity index (χ0v) is 6.42. The first-order chi connectivity index (χ1) is 4.91. The molecule has 0 radical (unpaired) electrons. The molecule has 0 heterocycles. The minimum absolute atomic E-state index is 0.542. The Morgan fingerprint density at radius 2 is 1.60 bits per heavy atom. The molecule has 0 aromatic carbocycles. The van der Waals surface area contributed by atoms with Crippen molar-refractivity contribution < 1.29 is 4.79 Å². The van der Waals surface area contributed by atoms with E-state index in [1.165, 1.54) is 0 Å². The van der Waals surface area contributed by atoms with Gasteiger partial charge in [0.15, 0.2) is 0 Å². The average Bonchev–Trinajstić information content (AvgIpc) is 1.97. The van der Waals surface area contributed by atoms with Gasteiger partial charge in [-0.25, -0.2) is 0 Å². The van der Waals surface area contributed by atoms with Gasteiger partial charge >= 0.3 is 0 Å². The standard InChI is InChI=1S/C9H14O/c1-2-3-4-5-6-7-8-9-10/h3-4,6-7,9H,2,5,8H2,1H3/b4-3-,7-6+. The zero-order chi connectivity index (χ0) is 7.66. The van der Waals surface area contributed by atoms with Gasteiger partial charge in [-0.05, 0) is 12.8 Å². The third-order valence-corrected chi connectivity index (χ3v) is 1.07. The molecule has 10 heavy (non-hydrogen) atoms. The summed E-state index contributed by atoms with van der Waals surface area (Å²) < 4.78 is 0. The monoisotopic (exact) mass is 138 g/mol. The van der Waals surface area contributed by atoms with Gasteiger partial charge in [0.05, 0.1) is 0 Å². The van der Waals surface area contributed by atoms with Crippen molar-refractivity contribution in [2.75, 3.05) is 0 Å². The number of rotatable bonds is 5. The van der Waals surface area contributed by atoms with Crippen molar-refractivity contribution in [2.45, 2.75) is 26.2 Å². The molecule has 0 aliphatic carbocycles. The molecule has 56 valence electrons. The lowest BCUT2D eigenvalue weighted by molar-refractivity contribution is -0.107. The van der Waals surface area contributed by atoms with Crippen molar-refractivity contribution in [3.8, 4) is 0 Å². The van der Waals surface area contributed by atoms with E-state index in [4.69, 9.17) is 0 Å². The second-order valence-electron chi connectivity index (χ2n) is 1.99. The van der Waals surface area contributed by atoms with Crippen LogP contribution < -0.4 is 0 Å². The van der Waals surface area contributed by atoms with E-state index in [-0.39, 0.29) is 0 Å². The van der Waals surface area contributed by atoms with Crippen LogP contribution in [0.5, 0.6) is 0 Å². The van der Waals surface area contributed by atoms with Crippen LogP contribution in [0.1, 0.15) is 26.2 Å². The van der Waals surface area contributed by atoms with Gasteiger partial charge in [0.2, 0.25) is 0 Å². The van der Waals surface area contributed by atoms with Crippen LogP contribution in [0.25, 0.3) is 0 Å². The van der Waals surface area contributed by atoms with Gasteiger partial charge < -0.3 is 4.79 Å². The summed E-state index contributed by atoms with van der Waals surface area (Å²) in [7, 11) is 0. The van der Waals surface area contributed by atoms with Crippen LogP contribution >= 0.6 is 0 Å². The van der Waals surface area contributed by atoms with E-state index >= 15 is 0 Å². The van der Waals surface area contributed by atoms with Crippen LogP contribution in [0.3, 0.4) is 0 Å². The van der Waals surface area contributed by atoms with Crippen LogP contribution in [0.2, 0.25) is 0 Å². The van der Waals surface area contributed by atoms with E-state index in [0.717, 1.165) is 19.1 Å². The van der Waals surface area contributed by atoms with Gasteiger partial charge in [0.25, 0.3) is 0 Å². The van der Waals surface area contributed by atoms with Gasteiger partial charge in [-0.2, -0.15) is 0 Å². The van der Waals surface area contributed by atoms with Crippen LogP contribution in [0.15, 0.2) is 24.3 Å². The molecule has 0 aromatic rings. The Balaban J connectivity index is 3.17. The summed E-state index contributed by atoms with van der Waals surface area (Å²) in [6, 6.07) is 0. The van der Waals surface area contributed by atoms with Gasteiger partial charge in [-0.1, -0.05) is 31.2 Å². The maximum atomic E-state index is 9.82. The summed E-state index contributed by atoms with van der Waals surface area (Å²) in [4.78, 5) is 9.82. The Morgan fingerprint density at radius 3 is 2.20 bits per heavy atom. The Labute approximate surface area is 62.4 Å². The summed E-state index contributed by atoms with van der Waals surface area (Å²) in [5.41, 5.74) is 0. The Kier molecular flexibility index (Phi) is 7.46. The molecule has 0 spiro atoms. The van der Waals surface area contributed by atoms with Crippen molar-refractivity contribution in [3.63, 3.8) is 0 Å². The normalized spacial score (nSPS) is 11.3. The molecule has 0 saturated carbocycles. The summed E-state index contributed by atoms with van der Waals surface area (Å²) >= 11 is 0. The van der Waals surface area contributed by atoms with E-state index in [1.54, 1.807) is 0 Å². The first-order valence-corrected chi connectivity index (χ1v) is 3.65. The summed E-state index contributed by atoms with van der Waals surface area (Å²) in [6.07, 6.45) is 11.6. The molecule has 0 atom stereocenters. The van der Waals surface area contributed by atoms with Crippen LogP contribution in [-0.2, 0) is 4.79 Å². The topological polar surface area (TPSA) is 17.1 Å². The molecular formula is C9H14O. The highest BCUT2D eigenvalue weighted by molar-refractivity contribution is 5.51. The van der Waals surface area contributed by atoms with Gasteiger partial charge in [0, 0.05) is 6.42 Å². The molecule has 0 rings (SSSR count). The van der Waals surface area contributed by atoms with Crippen molar-refractivity contribution in [1.29, 1.82) is 0 Å². The predicted octanol–water partition coefficient (Wildman–Crippen LogP) is 2.49. The highest BCUT2D eigenvalue weighted by atomic mass is 16.1. The number of allylic oxidation sites excluding steroid dienone is 4. The van der Waals surface area contributed by atoms with Crippen LogP contribution in [0.4, 0.5) is 0 Å². The molecule has 0 aliphatic heterocycles. The fraction of sp³-hybridized carbons (Fsp3) is 0.444. The van der Waals surface area contributed by atoms with Crippen LogP contribution in [0, 0.1) is 0 Å². The van der Waals surface area contributed by atoms with E-state index in [0.29, 0.717) is 6.42 Å². The predicted molar refractivity (Wildman–Crippen MR) is 43.9 cm³/mol. The fourth-order valence-corrected chi connectivity index (χ4v) is 0.589. The summed E-state index contributed by atoms with van der Waals surface area (Å²) in [5.74, 6) is 0. The summed E-state index contributed by atoms with van der Waals surface area (Å²) in [5, 5.41) is 0. The van der Waals surface area contributed by atoms with Crippen molar-refractivity contribution in [3.05, 3.63) is 24.3 Å². The van der Waals surface area contributed by atoms with Crippen LogP contribution in [-0.4, -0.2) is 6.29 Å². The molecule has 0 aliphatic rings. The van der Waals surface area contributed by atoms with E-state index in [9.17, 15) is 4.79 Å². The maximum Gasteiger partial charge on any atom is 0.123 e. The summed E-state index contributed by atoms with van der Waals surface area (Å²) in [6.45, 7) is 2.10. The molecule has 0 saturated heterocycles. The number of hydrogen-bond donors (Lipinski definition) is 0. The smallest absolute Gasteiger partial charge is 0.123 e. The molecule has 0 amide bonds. The minimum Gasteiger partial charge on any atom is -0.303 e. The maximum absolute atomic E-state index is 9.82. The SMILES string of the molecule is CC/C=C\C/C=C/CC=O. The van der Waals surface area contributed by atoms with Crippen molar-refractivity contribution in [2.24, 2.45) is 0 Å². The quantitative estimate of drug-likeness (QED) is 0.421. The Bertz CT molecular complexity index is 123. The van der Waals surface area contributed by atoms with Crippen molar-refractivity contribution in [1.82, 2.24) is 0 Å². The highest BCUT2D eigenvalue weighted by Crippen LogP contribution is 1.88. The zero-order valence-electron chi connectivity index (χ0n) is 6.42. The number of carbonyl (C=O) groups is 1. The molecular weight excluding hydrogens is 124 g/mol. The van der Waals surface area contributed by atoms with E-state index < -0.39 is 0 Å². The lowest BCUT2D eigenvalue weighted by Gasteiger charge is -1.79. The number of carbonyl (C=O) groups excluding carboxylic acids is 1. The highest BCUT2D eigenvalue weighted by Gasteiger charge is 1.71. The second kappa shape index (κ2) is 8.15. The van der Waals surface area contributed by atoms with E-state index in [1.807, 2.05) is 12.2 Å². The Hall–Kier alpha value is -0.850. The molecule has 0 aromatic heterocycles. The molecule has 1 heteroatoms. The molecule has 1 nitrogen and oxygen atoms in total. The lowest BCUT2D eigenvalue weighted by Crippen LogP contribution is -1.65. The minimum atomic E-state index is 0.542. The lowest BCUT2D eigenvalue weighted by atomic mass is 10.3. The fourth-order valence-electron chi connectivity index (χ4n) is 0.589. The third kappa shape index (κ3) is 7.15. The number of aldehydes is 1. The first-order valence-electron chi connectivity index (χ1n) is 3.65. The van der Waals surface area contributed by atoms with E-state index in [2.05, 4.69) is 19.1 Å². The first kappa shape index (κ1) is 9.15. The molecule has 0 fully saturated rings. The third-order valence-electron chi connectivity index (χ3n) is 1.07. The largest absolute Gasteiger partial charge is 0.303 e.